The Balaban J connectivity index is 1.89. The highest BCUT2D eigenvalue weighted by Gasteiger charge is 2.17. The van der Waals surface area contributed by atoms with Crippen LogP contribution in [-0.4, -0.2) is 23.0 Å². The van der Waals surface area contributed by atoms with E-state index in [-0.39, 0.29) is 0 Å². The smallest absolute Gasteiger partial charge is 0.0635 e. The van der Waals surface area contributed by atoms with Crippen LogP contribution in [0.25, 0.3) is 0 Å². The van der Waals surface area contributed by atoms with Crippen LogP contribution in [0.3, 0.4) is 0 Å². The van der Waals surface area contributed by atoms with E-state index in [0.717, 1.165) is 25.6 Å². The predicted octanol–water partition coefficient (Wildman–Crippen LogP) is 3.38. The largest absolute Gasteiger partial charge is 0.298 e. The third-order valence-electron chi connectivity index (χ3n) is 3.91. The summed E-state index contributed by atoms with van der Waals surface area (Å²) in [5.74, 6) is 0.823. The van der Waals surface area contributed by atoms with Gasteiger partial charge in [0.15, 0.2) is 0 Å². The molecule has 0 bridgehead atoms. The second kappa shape index (κ2) is 7.91. The molecule has 0 aliphatic heterocycles. The number of aromatic nitrogens is 1. The molecule has 0 amide bonds. The summed E-state index contributed by atoms with van der Waals surface area (Å²) in [5.41, 5.74) is 1.25. The first-order valence-electron chi connectivity index (χ1n) is 7.36. The minimum atomic E-state index is 0.618. The van der Waals surface area contributed by atoms with Crippen molar-refractivity contribution in [1.82, 2.24) is 9.88 Å². The van der Waals surface area contributed by atoms with E-state index in [1.807, 2.05) is 18.5 Å². The van der Waals surface area contributed by atoms with Gasteiger partial charge in [-0.15, -0.1) is 0 Å². The summed E-state index contributed by atoms with van der Waals surface area (Å²) in [5, 5.41) is 8.80. The summed E-state index contributed by atoms with van der Waals surface area (Å²) in [6, 6.07) is 6.37. The van der Waals surface area contributed by atoms with Gasteiger partial charge in [0.05, 0.1) is 6.07 Å². The number of pyridine rings is 1. The second-order valence-corrected chi connectivity index (χ2v) is 5.51. The van der Waals surface area contributed by atoms with E-state index in [0.29, 0.717) is 6.42 Å². The Morgan fingerprint density at radius 3 is 2.84 bits per heavy atom. The molecule has 0 unspecified atom stereocenters. The van der Waals surface area contributed by atoms with Crippen LogP contribution in [0.5, 0.6) is 0 Å². The zero-order valence-electron chi connectivity index (χ0n) is 11.6. The Morgan fingerprint density at radius 1 is 1.32 bits per heavy atom. The van der Waals surface area contributed by atoms with Gasteiger partial charge in [0, 0.05) is 38.4 Å². The molecule has 19 heavy (non-hydrogen) atoms. The molecule has 1 aliphatic carbocycles. The van der Waals surface area contributed by atoms with Gasteiger partial charge in [-0.05, 0) is 30.4 Å². The standard InChI is InChI=1S/C16H23N3/c17-9-5-11-19(13-15-6-2-1-3-7-15)14-16-8-4-10-18-12-16/h4,8,10,12,15H,1-3,5-7,11,13-14H2. The van der Waals surface area contributed by atoms with E-state index >= 15 is 0 Å². The first kappa shape index (κ1) is 14.0. The number of hydrogen-bond donors (Lipinski definition) is 0. The molecule has 1 saturated carbocycles. The first-order valence-corrected chi connectivity index (χ1v) is 7.36. The maximum absolute atomic E-state index is 8.80. The minimum Gasteiger partial charge on any atom is -0.298 e. The van der Waals surface area contributed by atoms with Crippen molar-refractivity contribution in [3.8, 4) is 6.07 Å². The molecule has 0 saturated heterocycles. The molecule has 1 aromatic rings. The summed E-state index contributed by atoms with van der Waals surface area (Å²) in [7, 11) is 0. The van der Waals surface area contributed by atoms with E-state index in [1.165, 1.54) is 37.7 Å². The Labute approximate surface area is 116 Å². The molecule has 0 radical (unpaired) electrons. The summed E-state index contributed by atoms with van der Waals surface area (Å²) >= 11 is 0. The SMILES string of the molecule is N#CCCN(Cc1cccnc1)CC1CCCCC1. The topological polar surface area (TPSA) is 39.9 Å². The fourth-order valence-corrected chi connectivity index (χ4v) is 2.93. The fraction of sp³-hybridized carbons (Fsp3) is 0.625. The van der Waals surface area contributed by atoms with Gasteiger partial charge in [-0.2, -0.15) is 5.26 Å². The van der Waals surface area contributed by atoms with Gasteiger partial charge in [-0.1, -0.05) is 25.3 Å². The van der Waals surface area contributed by atoms with Gasteiger partial charge < -0.3 is 0 Å². The first-order chi connectivity index (χ1) is 9.38. The molecule has 0 spiro atoms. The molecule has 1 aliphatic rings. The zero-order valence-corrected chi connectivity index (χ0v) is 11.6. The third-order valence-corrected chi connectivity index (χ3v) is 3.91. The number of hydrogen-bond acceptors (Lipinski definition) is 3. The van der Waals surface area contributed by atoms with Crippen molar-refractivity contribution in [2.24, 2.45) is 5.92 Å². The van der Waals surface area contributed by atoms with E-state index < -0.39 is 0 Å². The maximum Gasteiger partial charge on any atom is 0.0635 e. The lowest BCUT2D eigenvalue weighted by atomic mass is 9.89. The molecule has 1 heterocycles. The lowest BCUT2D eigenvalue weighted by Crippen LogP contribution is -2.31. The van der Waals surface area contributed by atoms with Crippen molar-refractivity contribution in [2.45, 2.75) is 45.1 Å². The molecular formula is C16H23N3. The summed E-state index contributed by atoms with van der Waals surface area (Å²) in [6.45, 7) is 2.94. The highest BCUT2D eigenvalue weighted by atomic mass is 15.1. The van der Waals surface area contributed by atoms with Crippen LogP contribution >= 0.6 is 0 Å². The Bertz CT molecular complexity index is 390. The van der Waals surface area contributed by atoms with Crippen LogP contribution in [0.15, 0.2) is 24.5 Å². The van der Waals surface area contributed by atoms with Crippen molar-refractivity contribution >= 4 is 0 Å². The van der Waals surface area contributed by atoms with Crippen molar-refractivity contribution in [3.05, 3.63) is 30.1 Å². The van der Waals surface area contributed by atoms with Crippen LogP contribution in [0, 0.1) is 17.2 Å². The Hall–Kier alpha value is -1.40. The third kappa shape index (κ3) is 5.00. The van der Waals surface area contributed by atoms with Crippen molar-refractivity contribution in [1.29, 1.82) is 5.26 Å². The molecule has 1 fully saturated rings. The molecule has 0 atom stereocenters. The monoisotopic (exact) mass is 257 g/mol. The van der Waals surface area contributed by atoms with Crippen LogP contribution in [0.4, 0.5) is 0 Å². The second-order valence-electron chi connectivity index (χ2n) is 5.51. The van der Waals surface area contributed by atoms with E-state index in [9.17, 15) is 0 Å². The molecule has 3 nitrogen and oxygen atoms in total. The van der Waals surface area contributed by atoms with Gasteiger partial charge in [0.1, 0.15) is 0 Å². The van der Waals surface area contributed by atoms with Gasteiger partial charge in [0.25, 0.3) is 0 Å². The summed E-state index contributed by atoms with van der Waals surface area (Å²) in [6.07, 6.45) is 11.2. The molecule has 0 N–H and O–H groups in total. The Morgan fingerprint density at radius 2 is 2.16 bits per heavy atom. The quantitative estimate of drug-likeness (QED) is 0.784. The van der Waals surface area contributed by atoms with E-state index in [4.69, 9.17) is 5.26 Å². The number of nitriles is 1. The lowest BCUT2D eigenvalue weighted by Gasteiger charge is -2.29. The number of nitrogens with zero attached hydrogens (tertiary/aromatic N) is 3. The maximum atomic E-state index is 8.80. The molecule has 1 aromatic heterocycles. The Kier molecular flexibility index (Phi) is 5.84. The molecule has 3 heteroatoms. The average Bonchev–Trinajstić information content (AvgIpc) is 2.47. The molecular weight excluding hydrogens is 234 g/mol. The van der Waals surface area contributed by atoms with Gasteiger partial charge in [-0.3, -0.25) is 9.88 Å². The molecule has 2 rings (SSSR count). The van der Waals surface area contributed by atoms with E-state index in [1.54, 1.807) is 0 Å². The van der Waals surface area contributed by atoms with Crippen molar-refractivity contribution < 1.29 is 0 Å². The lowest BCUT2D eigenvalue weighted by molar-refractivity contribution is 0.197. The minimum absolute atomic E-state index is 0.618. The zero-order chi connectivity index (χ0) is 13.3. The summed E-state index contributed by atoms with van der Waals surface area (Å²) < 4.78 is 0. The van der Waals surface area contributed by atoms with Crippen molar-refractivity contribution in [2.75, 3.05) is 13.1 Å². The van der Waals surface area contributed by atoms with Crippen LogP contribution in [-0.2, 0) is 6.54 Å². The normalized spacial score (nSPS) is 16.4. The van der Waals surface area contributed by atoms with Gasteiger partial charge >= 0.3 is 0 Å². The van der Waals surface area contributed by atoms with Crippen LogP contribution < -0.4 is 0 Å². The highest BCUT2D eigenvalue weighted by molar-refractivity contribution is 5.08. The predicted molar refractivity (Wildman–Crippen MR) is 76.3 cm³/mol. The van der Waals surface area contributed by atoms with Crippen LogP contribution in [0.2, 0.25) is 0 Å². The highest BCUT2D eigenvalue weighted by Crippen LogP contribution is 2.24. The average molecular weight is 257 g/mol. The van der Waals surface area contributed by atoms with Gasteiger partial charge in [0.2, 0.25) is 0 Å². The van der Waals surface area contributed by atoms with E-state index in [2.05, 4.69) is 22.0 Å². The molecule has 0 aromatic carbocycles. The fourth-order valence-electron chi connectivity index (χ4n) is 2.93. The summed E-state index contributed by atoms with van der Waals surface area (Å²) in [4.78, 5) is 6.60. The van der Waals surface area contributed by atoms with Gasteiger partial charge in [-0.25, -0.2) is 0 Å². The van der Waals surface area contributed by atoms with Crippen LogP contribution in [0.1, 0.15) is 44.1 Å². The van der Waals surface area contributed by atoms with Crippen molar-refractivity contribution in [3.63, 3.8) is 0 Å². The number of rotatable bonds is 6. The molecule has 102 valence electrons.